The number of nitrogens with zero attached hydrogens (tertiary/aromatic N) is 4. The zero-order valence-electron chi connectivity index (χ0n) is 31.7. The largest absolute Gasteiger partial charge is 0.435 e. The molecule has 0 saturated carbocycles. The van der Waals surface area contributed by atoms with E-state index in [4.69, 9.17) is 24.4 Å². The van der Waals surface area contributed by atoms with Gasteiger partial charge in [-0.1, -0.05) is 152 Å². The van der Waals surface area contributed by atoms with Crippen LogP contribution in [0.25, 0.3) is 122 Å². The number of rotatable bonds is 5. The second-order valence-electron chi connectivity index (χ2n) is 15.1. The summed E-state index contributed by atoms with van der Waals surface area (Å²) in [6.07, 6.45) is 0. The van der Waals surface area contributed by atoms with Crippen LogP contribution in [0.3, 0.4) is 0 Å². The van der Waals surface area contributed by atoms with Gasteiger partial charge in [-0.25, -0.2) is 19.9 Å². The van der Waals surface area contributed by atoms with E-state index >= 15 is 0 Å². The lowest BCUT2D eigenvalue weighted by molar-refractivity contribution is 0.623. The Hall–Kier alpha value is -8.02. The number of hydrogen-bond donors (Lipinski definition) is 0. The minimum atomic E-state index is 0.605. The molecule has 12 aromatic rings. The first kappa shape index (κ1) is 33.2. The minimum absolute atomic E-state index is 0.605. The van der Waals surface area contributed by atoms with Crippen LogP contribution < -0.4 is 0 Å². The average molecular weight is 753 g/mol. The van der Waals surface area contributed by atoms with Crippen LogP contribution in [0.5, 0.6) is 0 Å². The lowest BCUT2D eigenvalue weighted by atomic mass is 9.94. The summed E-state index contributed by atoms with van der Waals surface area (Å²) in [4.78, 5) is 20.5. The molecule has 59 heavy (non-hydrogen) atoms. The highest BCUT2D eigenvalue weighted by Gasteiger charge is 2.18. The molecule has 274 valence electrons. The van der Waals surface area contributed by atoms with Crippen molar-refractivity contribution in [1.82, 2.24) is 19.9 Å². The van der Waals surface area contributed by atoms with Crippen molar-refractivity contribution >= 4 is 65.0 Å². The Labute approximate surface area is 338 Å². The van der Waals surface area contributed by atoms with Crippen LogP contribution in [0.1, 0.15) is 0 Å². The molecule has 0 unspecified atom stereocenters. The van der Waals surface area contributed by atoms with Crippen molar-refractivity contribution in [2.75, 3.05) is 0 Å². The molecule has 0 saturated heterocycles. The number of aromatic nitrogens is 4. The minimum Gasteiger partial charge on any atom is -0.435 e. The Bertz CT molecular complexity index is 3610. The van der Waals surface area contributed by atoms with Crippen molar-refractivity contribution in [3.05, 3.63) is 194 Å². The molecule has 0 aliphatic rings. The molecule has 0 bridgehead atoms. The molecule has 0 aliphatic carbocycles. The lowest BCUT2D eigenvalue weighted by Gasteiger charge is -2.12. The lowest BCUT2D eigenvalue weighted by Crippen LogP contribution is -2.00. The Balaban J connectivity index is 1.06. The Morgan fingerprint density at radius 2 is 0.746 bits per heavy atom. The molecule has 0 aliphatic heterocycles. The van der Waals surface area contributed by atoms with E-state index in [1.165, 1.54) is 16.5 Å². The van der Waals surface area contributed by atoms with Crippen LogP contribution in [0.4, 0.5) is 0 Å². The predicted molar refractivity (Wildman–Crippen MR) is 242 cm³/mol. The van der Waals surface area contributed by atoms with E-state index in [2.05, 4.69) is 152 Å². The molecule has 0 radical (unpaired) electrons. The molecule has 12 rings (SSSR count). The monoisotopic (exact) mass is 752 g/mol. The van der Waals surface area contributed by atoms with Gasteiger partial charge in [-0.2, -0.15) is 0 Å². The molecule has 0 fully saturated rings. The van der Waals surface area contributed by atoms with E-state index in [0.717, 1.165) is 81.8 Å². The van der Waals surface area contributed by atoms with Gasteiger partial charge in [-0.05, 0) is 96.7 Å². The molecular formula is C54H32N4O. The van der Waals surface area contributed by atoms with Crippen LogP contribution in [0, 0.1) is 0 Å². The quantitative estimate of drug-likeness (QED) is 0.164. The van der Waals surface area contributed by atoms with E-state index in [1.54, 1.807) is 0 Å². The maximum atomic E-state index is 6.61. The predicted octanol–water partition coefficient (Wildman–Crippen LogP) is 14.1. The standard InChI is InChI=1S/C54H32N4O/c1-3-9-33(10-4-1)40-21-22-42-31-44(26-23-41(42)29-40)52-56-51(43-24-15-34-11-7-8-14-39(34)30-43)57-53(58-52)45-25-17-35-16-18-36-19-20-37-27-28-47-50(49(37)48(36)46(35)32-45)59-54(55-47)38-12-5-2-6-13-38/h1-32H. The number of benzene rings is 10. The van der Waals surface area contributed by atoms with E-state index in [-0.39, 0.29) is 0 Å². The topological polar surface area (TPSA) is 64.7 Å². The molecule has 5 nitrogen and oxygen atoms in total. The van der Waals surface area contributed by atoms with Crippen molar-refractivity contribution in [3.8, 4) is 56.7 Å². The van der Waals surface area contributed by atoms with Gasteiger partial charge in [0.2, 0.25) is 5.89 Å². The van der Waals surface area contributed by atoms with E-state index in [0.29, 0.717) is 23.4 Å². The first-order chi connectivity index (χ1) is 29.2. The molecule has 0 amide bonds. The zero-order valence-corrected chi connectivity index (χ0v) is 31.7. The second-order valence-corrected chi connectivity index (χ2v) is 15.1. The second kappa shape index (κ2) is 13.3. The van der Waals surface area contributed by atoms with Crippen LogP contribution >= 0.6 is 0 Å². The fraction of sp³-hybridized carbons (Fsp3) is 0. The third-order valence-corrected chi connectivity index (χ3v) is 11.5. The Kier molecular flexibility index (Phi) is 7.47. The fourth-order valence-electron chi connectivity index (χ4n) is 8.47. The van der Waals surface area contributed by atoms with Crippen LogP contribution in [-0.4, -0.2) is 19.9 Å². The third kappa shape index (κ3) is 5.71. The number of hydrogen-bond acceptors (Lipinski definition) is 5. The fourth-order valence-corrected chi connectivity index (χ4v) is 8.47. The maximum Gasteiger partial charge on any atom is 0.227 e. The SMILES string of the molecule is c1ccc(-c2ccc3cc(-c4nc(-c5ccc6ccccc6c5)nc(-c5ccc6ccc7ccc8ccc9nc(-c%10ccccc%10)oc9c8c7c6c5)n4)ccc3c2)cc1. The van der Waals surface area contributed by atoms with E-state index in [1.807, 2.05) is 42.5 Å². The van der Waals surface area contributed by atoms with Gasteiger partial charge < -0.3 is 4.42 Å². The van der Waals surface area contributed by atoms with Gasteiger partial charge >= 0.3 is 0 Å². The summed E-state index contributed by atoms with van der Waals surface area (Å²) < 4.78 is 6.61. The van der Waals surface area contributed by atoms with Gasteiger partial charge in [0.05, 0.1) is 0 Å². The summed E-state index contributed by atoms with van der Waals surface area (Å²) in [7, 11) is 0. The Morgan fingerprint density at radius 1 is 0.288 bits per heavy atom. The van der Waals surface area contributed by atoms with Gasteiger partial charge in [0.1, 0.15) is 5.52 Å². The molecule has 2 heterocycles. The van der Waals surface area contributed by atoms with Crippen molar-refractivity contribution in [3.63, 3.8) is 0 Å². The van der Waals surface area contributed by atoms with Crippen molar-refractivity contribution in [2.45, 2.75) is 0 Å². The molecule has 2 aromatic heterocycles. The van der Waals surface area contributed by atoms with Gasteiger partial charge in [-0.15, -0.1) is 0 Å². The maximum absolute atomic E-state index is 6.61. The molecule has 0 N–H and O–H groups in total. The number of oxazole rings is 1. The zero-order chi connectivity index (χ0) is 38.9. The highest BCUT2D eigenvalue weighted by molar-refractivity contribution is 6.26. The first-order valence-corrected chi connectivity index (χ1v) is 19.8. The van der Waals surface area contributed by atoms with Crippen molar-refractivity contribution in [2.24, 2.45) is 0 Å². The third-order valence-electron chi connectivity index (χ3n) is 11.5. The average Bonchev–Trinajstić information content (AvgIpc) is 3.76. The highest BCUT2D eigenvalue weighted by Crippen LogP contribution is 2.40. The first-order valence-electron chi connectivity index (χ1n) is 19.8. The van der Waals surface area contributed by atoms with Gasteiger partial charge in [-0.3, -0.25) is 0 Å². The normalized spacial score (nSPS) is 11.7. The summed E-state index contributed by atoms with van der Waals surface area (Å²) in [6.45, 7) is 0. The Morgan fingerprint density at radius 3 is 1.42 bits per heavy atom. The molecule has 5 heteroatoms. The summed E-state index contributed by atoms with van der Waals surface area (Å²) in [5, 5.41) is 11.1. The molecule has 0 spiro atoms. The summed E-state index contributed by atoms with van der Waals surface area (Å²) >= 11 is 0. The highest BCUT2D eigenvalue weighted by atomic mass is 16.3. The molecule has 0 atom stereocenters. The molecular weight excluding hydrogens is 721 g/mol. The smallest absolute Gasteiger partial charge is 0.227 e. The van der Waals surface area contributed by atoms with Crippen LogP contribution in [0.15, 0.2) is 199 Å². The summed E-state index contributed by atoms with van der Waals surface area (Å²) in [5.74, 6) is 2.45. The van der Waals surface area contributed by atoms with Crippen LogP contribution in [-0.2, 0) is 0 Å². The van der Waals surface area contributed by atoms with Gasteiger partial charge in [0, 0.05) is 33.0 Å². The summed E-state index contributed by atoms with van der Waals surface area (Å²) in [5.41, 5.74) is 7.68. The van der Waals surface area contributed by atoms with E-state index in [9.17, 15) is 0 Å². The molecule has 10 aromatic carbocycles. The summed E-state index contributed by atoms with van der Waals surface area (Å²) in [6, 6.07) is 67.8. The van der Waals surface area contributed by atoms with Crippen molar-refractivity contribution in [1.29, 1.82) is 0 Å². The van der Waals surface area contributed by atoms with Crippen molar-refractivity contribution < 1.29 is 4.42 Å². The number of fused-ring (bicyclic) bond motifs is 9. The van der Waals surface area contributed by atoms with E-state index < -0.39 is 0 Å². The van der Waals surface area contributed by atoms with Gasteiger partial charge in [0.15, 0.2) is 23.1 Å². The van der Waals surface area contributed by atoms with Gasteiger partial charge in [0.25, 0.3) is 0 Å². The van der Waals surface area contributed by atoms with Crippen LogP contribution in [0.2, 0.25) is 0 Å².